The Balaban J connectivity index is 2.01. The molecule has 24 heavy (non-hydrogen) atoms. The maximum atomic E-state index is 6.14. The normalized spacial score (nSPS) is 27.0. The molecule has 0 radical (unpaired) electrons. The van der Waals surface area contributed by atoms with Gasteiger partial charge in [0, 0.05) is 35.4 Å². The third kappa shape index (κ3) is 2.73. The Morgan fingerprint density at radius 1 is 1.12 bits per heavy atom. The molecule has 1 aliphatic rings. The van der Waals surface area contributed by atoms with Gasteiger partial charge in [-0.05, 0) is 0 Å². The van der Waals surface area contributed by atoms with Crippen molar-refractivity contribution in [3.63, 3.8) is 0 Å². The van der Waals surface area contributed by atoms with E-state index in [0.29, 0.717) is 17.8 Å². The van der Waals surface area contributed by atoms with Crippen molar-refractivity contribution in [3.8, 4) is 0 Å². The average molecular weight is 337 g/mol. The topological polar surface area (TPSA) is 83.8 Å². The quantitative estimate of drug-likeness (QED) is 0.752. The number of hydrogen-bond donors (Lipinski definition) is 0. The van der Waals surface area contributed by atoms with Crippen molar-refractivity contribution in [2.45, 2.75) is 24.5 Å². The van der Waals surface area contributed by atoms with Crippen LogP contribution in [-0.2, 0) is 18.9 Å². The van der Waals surface area contributed by atoms with E-state index in [9.17, 15) is 0 Å². The van der Waals surface area contributed by atoms with Crippen LogP contribution in [0.25, 0.3) is 11.2 Å². The zero-order valence-electron chi connectivity index (χ0n) is 14.5. The zero-order valence-corrected chi connectivity index (χ0v) is 14.5. The van der Waals surface area contributed by atoms with E-state index in [2.05, 4.69) is 15.0 Å². The Kier molecular flexibility index (Phi) is 4.95. The number of hydrogen-bond acceptors (Lipinski definition) is 8. The number of methoxy groups -OCH3 is 3. The largest absolute Gasteiger partial charge is 0.382 e. The second-order valence-corrected chi connectivity index (χ2v) is 5.84. The van der Waals surface area contributed by atoms with Gasteiger partial charge in [0.2, 0.25) is 0 Å². The van der Waals surface area contributed by atoms with Gasteiger partial charge in [0.05, 0.1) is 12.9 Å². The summed E-state index contributed by atoms with van der Waals surface area (Å²) in [6.45, 7) is 0.416. The minimum absolute atomic E-state index is 0.234. The lowest BCUT2D eigenvalue weighted by atomic mass is 10.1. The number of rotatable bonds is 6. The molecule has 3 heterocycles. The highest BCUT2D eigenvalue weighted by Gasteiger charge is 2.46. The fourth-order valence-corrected chi connectivity index (χ4v) is 3.12. The van der Waals surface area contributed by atoms with Gasteiger partial charge >= 0.3 is 0 Å². The van der Waals surface area contributed by atoms with Gasteiger partial charge < -0.3 is 23.8 Å². The highest BCUT2D eigenvalue weighted by atomic mass is 16.6. The molecule has 4 atom stereocenters. The van der Waals surface area contributed by atoms with Crippen molar-refractivity contribution in [3.05, 3.63) is 12.7 Å². The van der Waals surface area contributed by atoms with Crippen LogP contribution >= 0.6 is 0 Å². The van der Waals surface area contributed by atoms with E-state index in [0.717, 1.165) is 5.82 Å². The number of anilines is 1. The van der Waals surface area contributed by atoms with Gasteiger partial charge in [-0.2, -0.15) is 0 Å². The van der Waals surface area contributed by atoms with Crippen molar-refractivity contribution in [1.29, 1.82) is 0 Å². The molecule has 0 unspecified atom stereocenters. The number of imidazole rings is 1. The lowest BCUT2D eigenvalue weighted by Crippen LogP contribution is -2.36. The molecule has 0 aromatic carbocycles. The van der Waals surface area contributed by atoms with Crippen LogP contribution in [-0.4, -0.2) is 79.9 Å². The highest BCUT2D eigenvalue weighted by Crippen LogP contribution is 2.35. The van der Waals surface area contributed by atoms with Crippen LogP contribution in [0.3, 0.4) is 0 Å². The lowest BCUT2D eigenvalue weighted by molar-refractivity contribution is -0.0636. The van der Waals surface area contributed by atoms with Crippen LogP contribution < -0.4 is 4.90 Å². The molecular formula is C15H23N5O4. The Morgan fingerprint density at radius 3 is 2.50 bits per heavy atom. The van der Waals surface area contributed by atoms with Gasteiger partial charge in [-0.3, -0.25) is 4.57 Å². The Bertz CT molecular complexity index is 692. The third-order valence-electron chi connectivity index (χ3n) is 4.20. The minimum atomic E-state index is -0.407. The average Bonchev–Trinajstić information content (AvgIpc) is 3.15. The van der Waals surface area contributed by atoms with E-state index in [1.165, 1.54) is 6.33 Å². The Labute approximate surface area is 140 Å². The number of ether oxygens (including phenoxy) is 4. The second kappa shape index (κ2) is 6.98. The first-order valence-electron chi connectivity index (χ1n) is 7.67. The van der Waals surface area contributed by atoms with Crippen molar-refractivity contribution < 1.29 is 18.9 Å². The summed E-state index contributed by atoms with van der Waals surface area (Å²) in [4.78, 5) is 15.0. The van der Waals surface area contributed by atoms with Crippen molar-refractivity contribution in [2.75, 3.05) is 46.9 Å². The first-order valence-corrected chi connectivity index (χ1v) is 7.67. The molecule has 3 rings (SSSR count). The maximum Gasteiger partial charge on any atom is 0.167 e. The lowest BCUT2D eigenvalue weighted by Gasteiger charge is -2.22. The standard InChI is InChI=1S/C15H23N5O4/c1-19(2)13-10-14(17-7-16-13)20(8-18-10)15-12(23-5)11(22-4)9(24-15)6-21-3/h7-9,11-12,15H,6H2,1-5H3/t9-,11+,12-,15-/m0/s1. The first kappa shape index (κ1) is 17.0. The summed E-state index contributed by atoms with van der Waals surface area (Å²) in [5.41, 5.74) is 1.40. The monoisotopic (exact) mass is 337 g/mol. The molecule has 1 aliphatic heterocycles. The first-order chi connectivity index (χ1) is 11.6. The molecule has 0 bridgehead atoms. The summed E-state index contributed by atoms with van der Waals surface area (Å²) in [5, 5.41) is 0. The summed E-state index contributed by atoms with van der Waals surface area (Å²) in [6.07, 6.45) is 2.04. The molecule has 1 saturated heterocycles. The molecule has 0 amide bonds. The van der Waals surface area contributed by atoms with Gasteiger partial charge in [-0.1, -0.05) is 0 Å². The third-order valence-corrected chi connectivity index (χ3v) is 4.20. The predicted molar refractivity (Wildman–Crippen MR) is 87.0 cm³/mol. The maximum absolute atomic E-state index is 6.14. The molecular weight excluding hydrogens is 314 g/mol. The molecule has 0 saturated carbocycles. The molecule has 2 aromatic heterocycles. The molecule has 132 valence electrons. The second-order valence-electron chi connectivity index (χ2n) is 5.84. The van der Waals surface area contributed by atoms with E-state index in [1.807, 2.05) is 23.6 Å². The van der Waals surface area contributed by atoms with Crippen LogP contribution in [0.4, 0.5) is 5.82 Å². The van der Waals surface area contributed by atoms with Crippen LogP contribution in [0.2, 0.25) is 0 Å². The van der Waals surface area contributed by atoms with E-state index in [1.54, 1.807) is 27.7 Å². The van der Waals surface area contributed by atoms with Crippen molar-refractivity contribution >= 4 is 17.0 Å². The number of aromatic nitrogens is 4. The van der Waals surface area contributed by atoms with Crippen molar-refractivity contribution in [2.24, 2.45) is 0 Å². The molecule has 0 aliphatic carbocycles. The Morgan fingerprint density at radius 2 is 1.88 bits per heavy atom. The van der Waals surface area contributed by atoms with Gasteiger partial charge in [-0.15, -0.1) is 0 Å². The summed E-state index contributed by atoms with van der Waals surface area (Å²) in [7, 11) is 8.75. The van der Waals surface area contributed by atoms with Crippen molar-refractivity contribution in [1.82, 2.24) is 19.5 Å². The predicted octanol–water partition coefficient (Wildman–Crippen LogP) is 0.466. The summed E-state index contributed by atoms with van der Waals surface area (Å²) >= 11 is 0. The molecule has 9 nitrogen and oxygen atoms in total. The Hall–Kier alpha value is -1.81. The fourth-order valence-electron chi connectivity index (χ4n) is 3.12. The van der Waals surface area contributed by atoms with Crippen LogP contribution in [0.15, 0.2) is 12.7 Å². The van der Waals surface area contributed by atoms with E-state index in [4.69, 9.17) is 18.9 Å². The smallest absolute Gasteiger partial charge is 0.167 e. The van der Waals surface area contributed by atoms with Gasteiger partial charge in [0.1, 0.15) is 24.6 Å². The summed E-state index contributed by atoms with van der Waals surface area (Å²) in [5.74, 6) is 0.752. The van der Waals surface area contributed by atoms with Gasteiger partial charge in [0.25, 0.3) is 0 Å². The molecule has 9 heteroatoms. The van der Waals surface area contributed by atoms with Crippen LogP contribution in [0.5, 0.6) is 0 Å². The SMILES string of the molecule is COC[C@@H]1O[C@H](n2cnc3c(N(C)C)ncnc32)[C@@H](OC)[C@@H]1OC. The fraction of sp³-hybridized carbons (Fsp3) is 0.667. The zero-order chi connectivity index (χ0) is 17.3. The number of nitrogens with zero attached hydrogens (tertiary/aromatic N) is 5. The molecule has 2 aromatic rings. The van der Waals surface area contributed by atoms with Crippen LogP contribution in [0, 0.1) is 0 Å². The highest BCUT2D eigenvalue weighted by molar-refractivity contribution is 5.83. The van der Waals surface area contributed by atoms with Gasteiger partial charge in [0.15, 0.2) is 23.2 Å². The minimum Gasteiger partial charge on any atom is -0.382 e. The van der Waals surface area contributed by atoms with Crippen LogP contribution in [0.1, 0.15) is 6.23 Å². The summed E-state index contributed by atoms with van der Waals surface area (Å²) in [6, 6.07) is 0. The number of fused-ring (bicyclic) bond motifs is 1. The molecule has 0 N–H and O–H groups in total. The molecule has 0 spiro atoms. The molecule has 1 fully saturated rings. The van der Waals surface area contributed by atoms with E-state index < -0.39 is 6.23 Å². The van der Waals surface area contributed by atoms with E-state index >= 15 is 0 Å². The van der Waals surface area contributed by atoms with Gasteiger partial charge in [-0.25, -0.2) is 15.0 Å². The van der Waals surface area contributed by atoms with E-state index in [-0.39, 0.29) is 18.3 Å². The summed E-state index contributed by atoms with van der Waals surface area (Å²) < 4.78 is 24.5.